The second kappa shape index (κ2) is 7.81. The van der Waals surface area contributed by atoms with Crippen LogP contribution in [-0.2, 0) is 11.3 Å². The maximum absolute atomic E-state index is 12.7. The predicted octanol–water partition coefficient (Wildman–Crippen LogP) is 3.56. The molecule has 0 unspecified atom stereocenters. The summed E-state index contributed by atoms with van der Waals surface area (Å²) in [5.41, 5.74) is 3.03. The summed E-state index contributed by atoms with van der Waals surface area (Å²) in [7, 11) is 1.85. The van der Waals surface area contributed by atoms with Gasteiger partial charge in [0.1, 0.15) is 0 Å². The van der Waals surface area contributed by atoms with E-state index in [1.807, 2.05) is 43.4 Å². The quantitative estimate of drug-likeness (QED) is 0.802. The monoisotopic (exact) mass is 388 g/mol. The SMILES string of the molecule is CN(Cc1ccccc1N1CCOCC1)C(=O)c1ccccc1Br. The van der Waals surface area contributed by atoms with Gasteiger partial charge in [-0.3, -0.25) is 4.79 Å². The van der Waals surface area contributed by atoms with Crippen LogP contribution in [-0.4, -0.2) is 44.2 Å². The third kappa shape index (κ3) is 3.79. The fourth-order valence-electron chi connectivity index (χ4n) is 2.92. The second-order valence-corrected chi connectivity index (χ2v) is 6.72. The first kappa shape index (κ1) is 17.0. The van der Waals surface area contributed by atoms with Crippen molar-refractivity contribution in [3.63, 3.8) is 0 Å². The molecule has 1 aliphatic rings. The number of anilines is 1. The molecule has 0 N–H and O–H groups in total. The standard InChI is InChI=1S/C19H21BrN2O2/c1-21(19(23)16-7-3-4-8-17(16)20)14-15-6-2-5-9-18(15)22-10-12-24-13-11-22/h2-9H,10-14H2,1H3. The molecule has 1 fully saturated rings. The molecule has 0 aromatic heterocycles. The largest absolute Gasteiger partial charge is 0.378 e. The van der Waals surface area contributed by atoms with Crippen LogP contribution in [0.4, 0.5) is 5.69 Å². The molecule has 5 heteroatoms. The van der Waals surface area contributed by atoms with E-state index in [0.717, 1.165) is 36.3 Å². The highest BCUT2D eigenvalue weighted by molar-refractivity contribution is 9.10. The highest BCUT2D eigenvalue weighted by Gasteiger charge is 2.18. The zero-order chi connectivity index (χ0) is 16.9. The van der Waals surface area contributed by atoms with E-state index in [1.165, 1.54) is 5.69 Å². The molecule has 0 spiro atoms. The van der Waals surface area contributed by atoms with E-state index < -0.39 is 0 Å². The maximum Gasteiger partial charge on any atom is 0.255 e. The summed E-state index contributed by atoms with van der Waals surface area (Å²) in [6.07, 6.45) is 0. The topological polar surface area (TPSA) is 32.8 Å². The molecule has 1 amide bonds. The van der Waals surface area contributed by atoms with E-state index in [4.69, 9.17) is 4.74 Å². The van der Waals surface area contributed by atoms with E-state index in [0.29, 0.717) is 12.1 Å². The first-order valence-corrected chi connectivity index (χ1v) is 8.86. The predicted molar refractivity (Wildman–Crippen MR) is 99.4 cm³/mol. The molecule has 0 saturated carbocycles. The lowest BCUT2D eigenvalue weighted by Gasteiger charge is -2.31. The summed E-state index contributed by atoms with van der Waals surface area (Å²) >= 11 is 3.46. The fourth-order valence-corrected chi connectivity index (χ4v) is 3.38. The van der Waals surface area contributed by atoms with Crippen molar-refractivity contribution in [3.05, 3.63) is 64.1 Å². The Morgan fingerprint density at radius 2 is 1.79 bits per heavy atom. The highest BCUT2D eigenvalue weighted by Crippen LogP contribution is 2.24. The van der Waals surface area contributed by atoms with Crippen LogP contribution in [0.15, 0.2) is 53.0 Å². The summed E-state index contributed by atoms with van der Waals surface area (Å²) in [6, 6.07) is 15.8. The molecule has 2 aromatic rings. The molecule has 1 heterocycles. The Kier molecular flexibility index (Phi) is 5.53. The number of ether oxygens (including phenoxy) is 1. The number of hydrogen-bond acceptors (Lipinski definition) is 3. The molecule has 0 bridgehead atoms. The van der Waals surface area contributed by atoms with Crippen LogP contribution in [0.2, 0.25) is 0 Å². The third-order valence-corrected chi connectivity index (χ3v) is 4.89. The van der Waals surface area contributed by atoms with Crippen LogP contribution in [0.5, 0.6) is 0 Å². The number of hydrogen-bond donors (Lipinski definition) is 0. The number of para-hydroxylation sites is 1. The first-order valence-electron chi connectivity index (χ1n) is 8.07. The maximum atomic E-state index is 12.7. The van der Waals surface area contributed by atoms with Gasteiger partial charge < -0.3 is 14.5 Å². The van der Waals surface area contributed by atoms with Gasteiger partial charge in [-0.2, -0.15) is 0 Å². The molecule has 1 saturated heterocycles. The summed E-state index contributed by atoms with van der Waals surface area (Å²) in [6.45, 7) is 3.85. The third-order valence-electron chi connectivity index (χ3n) is 4.20. The van der Waals surface area contributed by atoms with Gasteiger partial charge >= 0.3 is 0 Å². The van der Waals surface area contributed by atoms with Crippen molar-refractivity contribution in [2.24, 2.45) is 0 Å². The van der Waals surface area contributed by atoms with Crippen molar-refractivity contribution in [2.45, 2.75) is 6.54 Å². The lowest BCUT2D eigenvalue weighted by atomic mass is 10.1. The molecular weight excluding hydrogens is 368 g/mol. The average Bonchev–Trinajstić information content (AvgIpc) is 2.63. The van der Waals surface area contributed by atoms with Gasteiger partial charge in [-0.05, 0) is 39.7 Å². The van der Waals surface area contributed by atoms with Gasteiger partial charge in [-0.1, -0.05) is 30.3 Å². The summed E-state index contributed by atoms with van der Waals surface area (Å²) in [5.74, 6) is 0.0132. The number of carbonyl (C=O) groups is 1. The van der Waals surface area contributed by atoms with Gasteiger partial charge in [-0.25, -0.2) is 0 Å². The number of rotatable bonds is 4. The number of nitrogens with zero attached hydrogens (tertiary/aromatic N) is 2. The lowest BCUT2D eigenvalue weighted by Crippen LogP contribution is -2.37. The van der Waals surface area contributed by atoms with E-state index in [9.17, 15) is 4.79 Å². The van der Waals surface area contributed by atoms with Gasteiger partial charge in [0.05, 0.1) is 18.8 Å². The van der Waals surface area contributed by atoms with Gasteiger partial charge in [0.15, 0.2) is 0 Å². The Hall–Kier alpha value is -1.85. The molecule has 4 nitrogen and oxygen atoms in total. The zero-order valence-corrected chi connectivity index (χ0v) is 15.3. The van der Waals surface area contributed by atoms with Crippen molar-refractivity contribution in [3.8, 4) is 0 Å². The minimum Gasteiger partial charge on any atom is -0.378 e. The van der Waals surface area contributed by atoms with Crippen LogP contribution in [0.25, 0.3) is 0 Å². The van der Waals surface area contributed by atoms with E-state index in [2.05, 4.69) is 33.0 Å². The molecule has 0 aliphatic carbocycles. The molecule has 3 rings (SSSR count). The van der Waals surface area contributed by atoms with E-state index in [-0.39, 0.29) is 5.91 Å². The summed E-state index contributed by atoms with van der Waals surface area (Å²) < 4.78 is 6.26. The van der Waals surface area contributed by atoms with Crippen molar-refractivity contribution in [1.29, 1.82) is 0 Å². The number of benzene rings is 2. The Bertz CT molecular complexity index is 714. The Labute approximate surface area is 151 Å². The number of amides is 1. The minimum absolute atomic E-state index is 0.0132. The van der Waals surface area contributed by atoms with Crippen molar-refractivity contribution >= 4 is 27.5 Å². The van der Waals surface area contributed by atoms with Crippen LogP contribution in [0, 0.1) is 0 Å². The molecular formula is C19H21BrN2O2. The lowest BCUT2D eigenvalue weighted by molar-refractivity contribution is 0.0784. The zero-order valence-electron chi connectivity index (χ0n) is 13.7. The van der Waals surface area contributed by atoms with Gasteiger partial charge in [0, 0.05) is 36.8 Å². The van der Waals surface area contributed by atoms with Crippen molar-refractivity contribution < 1.29 is 9.53 Å². The first-order chi connectivity index (χ1) is 11.7. The number of halogens is 1. The smallest absolute Gasteiger partial charge is 0.255 e. The van der Waals surface area contributed by atoms with Gasteiger partial charge in [-0.15, -0.1) is 0 Å². The molecule has 0 atom stereocenters. The van der Waals surface area contributed by atoms with Crippen LogP contribution < -0.4 is 4.90 Å². The average molecular weight is 389 g/mol. The molecule has 24 heavy (non-hydrogen) atoms. The second-order valence-electron chi connectivity index (χ2n) is 5.87. The summed E-state index contributed by atoms with van der Waals surface area (Å²) in [4.78, 5) is 16.8. The number of morpholine rings is 1. The normalized spacial score (nSPS) is 14.5. The van der Waals surface area contributed by atoms with Gasteiger partial charge in [0.25, 0.3) is 5.91 Å². The number of carbonyl (C=O) groups excluding carboxylic acids is 1. The Morgan fingerprint density at radius 1 is 1.12 bits per heavy atom. The highest BCUT2D eigenvalue weighted by atomic mass is 79.9. The molecule has 0 radical (unpaired) electrons. The minimum atomic E-state index is 0.0132. The molecule has 126 valence electrons. The molecule has 1 aliphatic heterocycles. The van der Waals surface area contributed by atoms with Crippen LogP contribution in [0.1, 0.15) is 15.9 Å². The van der Waals surface area contributed by atoms with Crippen molar-refractivity contribution in [2.75, 3.05) is 38.3 Å². The van der Waals surface area contributed by atoms with E-state index in [1.54, 1.807) is 4.90 Å². The van der Waals surface area contributed by atoms with Crippen LogP contribution in [0.3, 0.4) is 0 Å². The van der Waals surface area contributed by atoms with Crippen LogP contribution >= 0.6 is 15.9 Å². The Morgan fingerprint density at radius 3 is 2.54 bits per heavy atom. The fraction of sp³-hybridized carbons (Fsp3) is 0.316. The Balaban J connectivity index is 1.78. The van der Waals surface area contributed by atoms with Gasteiger partial charge in [0.2, 0.25) is 0 Å². The van der Waals surface area contributed by atoms with E-state index >= 15 is 0 Å². The van der Waals surface area contributed by atoms with Crippen molar-refractivity contribution in [1.82, 2.24) is 4.90 Å². The summed E-state index contributed by atoms with van der Waals surface area (Å²) in [5, 5.41) is 0. The molecule has 2 aromatic carbocycles.